The molecule has 1 rings (SSSR count). The van der Waals surface area contributed by atoms with Crippen molar-refractivity contribution in [1.82, 2.24) is 0 Å². The average Bonchev–Trinajstić information content (AvgIpc) is 2.02. The van der Waals surface area contributed by atoms with Crippen LogP contribution in [0.5, 0.6) is 0 Å². The molecule has 0 heterocycles. The van der Waals surface area contributed by atoms with Gasteiger partial charge in [0, 0.05) is 9.99 Å². The Morgan fingerprint density at radius 1 is 1.23 bits per heavy atom. The highest BCUT2D eigenvalue weighted by Gasteiger charge is 2.33. The van der Waals surface area contributed by atoms with E-state index in [1.165, 1.54) is 0 Å². The zero-order chi connectivity index (χ0) is 10.1. The second-order valence-corrected chi connectivity index (χ2v) is 3.16. The van der Waals surface area contributed by atoms with Gasteiger partial charge in [0.2, 0.25) is 0 Å². The van der Waals surface area contributed by atoms with Crippen LogP contribution in [0.1, 0.15) is 11.1 Å². The zero-order valence-corrected chi connectivity index (χ0v) is 8.49. The highest BCUT2D eigenvalue weighted by atomic mass is 127. The van der Waals surface area contributed by atoms with Gasteiger partial charge in [-0.1, -0.05) is 28.7 Å². The molecule has 0 atom stereocenters. The summed E-state index contributed by atoms with van der Waals surface area (Å²) < 4.78 is 49.6. The Labute approximate surface area is 86.1 Å². The minimum Gasteiger partial charge on any atom is -0.207 e. The lowest BCUT2D eigenvalue weighted by molar-refractivity contribution is -0.138. The summed E-state index contributed by atoms with van der Waals surface area (Å²) in [6, 6.07) is 2.98. The number of hydrogen-bond acceptors (Lipinski definition) is 0. The summed E-state index contributed by atoms with van der Waals surface area (Å²) >= 11 is 1.70. The molecule has 5 heteroatoms. The fourth-order valence-electron chi connectivity index (χ4n) is 0.960. The van der Waals surface area contributed by atoms with Crippen molar-refractivity contribution in [2.24, 2.45) is 0 Å². The van der Waals surface area contributed by atoms with Crippen LogP contribution < -0.4 is 0 Å². The van der Waals surface area contributed by atoms with Gasteiger partial charge in [0.1, 0.15) is 5.82 Å². The van der Waals surface area contributed by atoms with Crippen molar-refractivity contribution < 1.29 is 17.6 Å². The van der Waals surface area contributed by atoms with E-state index in [-0.39, 0.29) is 9.99 Å². The van der Waals surface area contributed by atoms with Crippen LogP contribution in [0.4, 0.5) is 17.6 Å². The van der Waals surface area contributed by atoms with E-state index >= 15 is 0 Å². The van der Waals surface area contributed by atoms with E-state index in [9.17, 15) is 17.6 Å². The van der Waals surface area contributed by atoms with Gasteiger partial charge in [0.05, 0.1) is 5.56 Å². The first kappa shape index (κ1) is 10.7. The van der Waals surface area contributed by atoms with Gasteiger partial charge >= 0.3 is 6.18 Å². The molecule has 0 fully saturated rings. The molecule has 0 nitrogen and oxygen atoms in total. The van der Waals surface area contributed by atoms with Gasteiger partial charge in [0.25, 0.3) is 0 Å². The lowest BCUT2D eigenvalue weighted by Gasteiger charge is -2.11. The summed E-state index contributed by atoms with van der Waals surface area (Å²) in [5.41, 5.74) is -1.17. The van der Waals surface area contributed by atoms with Gasteiger partial charge < -0.3 is 0 Å². The highest BCUT2D eigenvalue weighted by Crippen LogP contribution is 2.33. The third kappa shape index (κ3) is 2.32. The monoisotopic (exact) mass is 304 g/mol. The maximum absolute atomic E-state index is 12.9. The molecule has 0 aromatic heterocycles. The van der Waals surface area contributed by atoms with Gasteiger partial charge in [-0.05, 0) is 12.1 Å². The van der Waals surface area contributed by atoms with Crippen molar-refractivity contribution in [2.75, 3.05) is 0 Å². The van der Waals surface area contributed by atoms with E-state index < -0.39 is 17.6 Å². The van der Waals surface area contributed by atoms with E-state index in [2.05, 4.69) is 0 Å². The summed E-state index contributed by atoms with van der Waals surface area (Å²) in [6.07, 6.45) is -4.47. The average molecular weight is 304 g/mol. The van der Waals surface area contributed by atoms with Gasteiger partial charge in [-0.3, -0.25) is 0 Å². The first-order valence-electron chi connectivity index (χ1n) is 3.37. The molecule has 1 aromatic rings. The molecule has 0 spiro atoms. The minimum absolute atomic E-state index is 0.0132. The summed E-state index contributed by atoms with van der Waals surface area (Å²) in [7, 11) is 0. The molecule has 0 saturated heterocycles. The Morgan fingerprint density at radius 2 is 1.85 bits per heavy atom. The molecule has 0 N–H and O–H groups in total. The summed E-state index contributed by atoms with van der Waals surface area (Å²) in [5, 5.41) is 0. The van der Waals surface area contributed by atoms with Crippen LogP contribution in [-0.4, -0.2) is 0 Å². The molecule has 1 aromatic carbocycles. The molecule has 0 aliphatic carbocycles. The van der Waals surface area contributed by atoms with E-state index in [1.807, 2.05) is 0 Å². The van der Waals surface area contributed by atoms with E-state index in [0.29, 0.717) is 0 Å². The van der Waals surface area contributed by atoms with E-state index in [0.717, 1.165) is 18.2 Å². The quantitative estimate of drug-likeness (QED) is 0.421. The fraction of sp³-hybridized carbons (Fsp3) is 0.250. The molecule has 0 aliphatic heterocycles. The normalized spacial score (nSPS) is 11.8. The van der Waals surface area contributed by atoms with E-state index in [1.54, 1.807) is 22.6 Å². The van der Waals surface area contributed by atoms with Crippen molar-refractivity contribution in [3.05, 3.63) is 35.1 Å². The first-order chi connectivity index (χ1) is 5.96. The van der Waals surface area contributed by atoms with Crippen LogP contribution in [0.15, 0.2) is 18.2 Å². The second kappa shape index (κ2) is 3.81. The molecule has 13 heavy (non-hydrogen) atoms. The Balaban J connectivity index is 3.29. The van der Waals surface area contributed by atoms with Crippen molar-refractivity contribution in [3.8, 4) is 0 Å². The molecule has 0 radical (unpaired) electrons. The molecular formula is C8H5F4I. The van der Waals surface area contributed by atoms with Crippen LogP contribution in [0.2, 0.25) is 0 Å². The fourth-order valence-corrected chi connectivity index (χ4v) is 1.74. The van der Waals surface area contributed by atoms with Gasteiger partial charge in [-0.2, -0.15) is 13.2 Å². The van der Waals surface area contributed by atoms with E-state index in [4.69, 9.17) is 0 Å². The second-order valence-electron chi connectivity index (χ2n) is 2.40. The predicted molar refractivity (Wildman–Crippen MR) is 49.1 cm³/mol. The molecule has 0 amide bonds. The largest absolute Gasteiger partial charge is 0.416 e. The predicted octanol–water partition coefficient (Wildman–Crippen LogP) is 3.78. The number of hydrogen-bond donors (Lipinski definition) is 0. The maximum atomic E-state index is 12.9. The van der Waals surface area contributed by atoms with Crippen LogP contribution in [-0.2, 0) is 10.6 Å². The Kier molecular flexibility index (Phi) is 3.15. The third-order valence-corrected chi connectivity index (χ3v) is 2.32. The Hall–Kier alpha value is -0.330. The maximum Gasteiger partial charge on any atom is 0.416 e. The highest BCUT2D eigenvalue weighted by molar-refractivity contribution is 14.1. The number of benzene rings is 1. The molecule has 0 saturated carbocycles. The van der Waals surface area contributed by atoms with Gasteiger partial charge in [-0.25, -0.2) is 4.39 Å². The Morgan fingerprint density at radius 3 is 2.23 bits per heavy atom. The van der Waals surface area contributed by atoms with Crippen molar-refractivity contribution in [1.29, 1.82) is 0 Å². The lowest BCUT2D eigenvalue weighted by atomic mass is 10.1. The number of rotatable bonds is 1. The first-order valence-corrected chi connectivity index (χ1v) is 4.90. The third-order valence-electron chi connectivity index (χ3n) is 1.56. The SMILES string of the molecule is Fc1cccc(C(F)(F)F)c1CI. The minimum atomic E-state index is -4.47. The topological polar surface area (TPSA) is 0 Å². The zero-order valence-electron chi connectivity index (χ0n) is 6.33. The summed E-state index contributed by atoms with van der Waals surface area (Å²) in [5.74, 6) is -0.802. The summed E-state index contributed by atoms with van der Waals surface area (Å²) in [6.45, 7) is 0. The molecule has 0 unspecified atom stereocenters. The van der Waals surface area contributed by atoms with Crippen LogP contribution >= 0.6 is 22.6 Å². The number of halogens is 5. The van der Waals surface area contributed by atoms with Gasteiger partial charge in [-0.15, -0.1) is 0 Å². The molecular weight excluding hydrogens is 299 g/mol. The van der Waals surface area contributed by atoms with Crippen molar-refractivity contribution in [2.45, 2.75) is 10.6 Å². The lowest BCUT2D eigenvalue weighted by Crippen LogP contribution is -2.09. The molecule has 0 aliphatic rings. The van der Waals surface area contributed by atoms with Crippen molar-refractivity contribution >= 4 is 22.6 Å². The summed E-state index contributed by atoms with van der Waals surface area (Å²) in [4.78, 5) is 0. The van der Waals surface area contributed by atoms with Crippen LogP contribution in [0.25, 0.3) is 0 Å². The Bertz CT molecular complexity index is 306. The van der Waals surface area contributed by atoms with Crippen LogP contribution in [0, 0.1) is 5.82 Å². The smallest absolute Gasteiger partial charge is 0.207 e. The molecule has 72 valence electrons. The van der Waals surface area contributed by atoms with Crippen LogP contribution in [0.3, 0.4) is 0 Å². The van der Waals surface area contributed by atoms with Crippen molar-refractivity contribution in [3.63, 3.8) is 0 Å². The standard InChI is InChI=1S/C8H5F4I/c9-7-3-1-2-6(5(7)4-13)8(10,11)12/h1-3H,4H2. The molecule has 0 bridgehead atoms. The van der Waals surface area contributed by atoms with Gasteiger partial charge in [0.15, 0.2) is 0 Å². The number of alkyl halides is 4.